The minimum Gasteiger partial charge on any atom is -0.480 e. The lowest BCUT2D eigenvalue weighted by Gasteiger charge is -2.15. The number of hydrogen-bond acceptors (Lipinski definition) is 7. The molecular formula is C26H25N3O7. The number of non-ortho nitro benzene ring substituents is 1. The summed E-state index contributed by atoms with van der Waals surface area (Å²) < 4.78 is 16.6. The first-order valence-corrected chi connectivity index (χ1v) is 11.4. The van der Waals surface area contributed by atoms with Gasteiger partial charge in [-0.2, -0.15) is 0 Å². The zero-order valence-electron chi connectivity index (χ0n) is 19.4. The van der Waals surface area contributed by atoms with Crippen molar-refractivity contribution in [3.63, 3.8) is 0 Å². The Kier molecular flexibility index (Phi) is 7.97. The van der Waals surface area contributed by atoms with Crippen LogP contribution in [0.5, 0.6) is 17.2 Å². The summed E-state index contributed by atoms with van der Waals surface area (Å²) in [4.78, 5) is 37.3. The fourth-order valence-electron chi connectivity index (χ4n) is 3.66. The maximum atomic E-state index is 12.5. The van der Waals surface area contributed by atoms with Crippen LogP contribution in [0.25, 0.3) is 0 Å². The number of hydrogen-bond donors (Lipinski definition) is 1. The molecule has 1 aliphatic heterocycles. The lowest BCUT2D eigenvalue weighted by atomic mass is 10.2. The van der Waals surface area contributed by atoms with Gasteiger partial charge < -0.3 is 24.4 Å². The minimum absolute atomic E-state index is 0.0249. The lowest BCUT2D eigenvalue weighted by Crippen LogP contribution is -2.27. The van der Waals surface area contributed by atoms with Crippen molar-refractivity contribution in [1.29, 1.82) is 0 Å². The fraction of sp³-hybridized carbons (Fsp3) is 0.231. The van der Waals surface area contributed by atoms with E-state index in [9.17, 15) is 19.7 Å². The number of rotatable bonds is 10. The number of anilines is 1. The van der Waals surface area contributed by atoms with Crippen molar-refractivity contribution in [2.45, 2.75) is 12.8 Å². The van der Waals surface area contributed by atoms with Crippen LogP contribution in [0.1, 0.15) is 23.2 Å². The van der Waals surface area contributed by atoms with Crippen LogP contribution < -0.4 is 19.5 Å². The van der Waals surface area contributed by atoms with Gasteiger partial charge in [0.2, 0.25) is 6.79 Å². The Balaban J connectivity index is 1.34. The molecule has 1 N–H and O–H groups in total. The molecule has 0 aromatic heterocycles. The largest absolute Gasteiger partial charge is 0.480 e. The van der Waals surface area contributed by atoms with E-state index in [2.05, 4.69) is 5.32 Å². The van der Waals surface area contributed by atoms with E-state index in [1.807, 2.05) is 23.1 Å². The molecule has 0 aliphatic carbocycles. The highest BCUT2D eigenvalue weighted by Gasteiger charge is 2.19. The van der Waals surface area contributed by atoms with Crippen molar-refractivity contribution in [2.75, 3.05) is 31.8 Å². The molecule has 186 valence electrons. The number of nitro groups is 1. The van der Waals surface area contributed by atoms with E-state index in [1.54, 1.807) is 36.4 Å². The van der Waals surface area contributed by atoms with Crippen LogP contribution in [0.4, 0.5) is 11.4 Å². The van der Waals surface area contributed by atoms with Crippen molar-refractivity contribution in [3.8, 4) is 17.2 Å². The first-order chi connectivity index (χ1) is 17.5. The van der Waals surface area contributed by atoms with Crippen LogP contribution in [-0.4, -0.2) is 48.1 Å². The number of nitrogens with one attached hydrogen (secondary N) is 1. The Labute approximate surface area is 207 Å². The monoisotopic (exact) mass is 491 g/mol. The number of nitrogens with zero attached hydrogens (tertiary/aromatic N) is 2. The van der Waals surface area contributed by atoms with E-state index in [4.69, 9.17) is 14.2 Å². The zero-order chi connectivity index (χ0) is 25.3. The van der Waals surface area contributed by atoms with Gasteiger partial charge in [-0.25, -0.2) is 0 Å². The van der Waals surface area contributed by atoms with E-state index < -0.39 is 17.4 Å². The van der Waals surface area contributed by atoms with Gasteiger partial charge in [-0.3, -0.25) is 19.7 Å². The zero-order valence-corrected chi connectivity index (χ0v) is 19.4. The molecule has 0 bridgehead atoms. The van der Waals surface area contributed by atoms with Crippen LogP contribution in [0.3, 0.4) is 0 Å². The average molecular weight is 492 g/mol. The Morgan fingerprint density at radius 3 is 2.31 bits per heavy atom. The molecule has 1 fully saturated rings. The van der Waals surface area contributed by atoms with Crippen molar-refractivity contribution >= 4 is 23.2 Å². The van der Waals surface area contributed by atoms with Gasteiger partial charge in [-0.1, -0.05) is 18.2 Å². The Morgan fingerprint density at radius 2 is 1.61 bits per heavy atom. The Morgan fingerprint density at radius 1 is 0.889 bits per heavy atom. The molecule has 1 heterocycles. The summed E-state index contributed by atoms with van der Waals surface area (Å²) in [6.45, 7) is 0.950. The number of ether oxygens (including phenoxy) is 3. The maximum Gasteiger partial charge on any atom is 0.273 e. The second kappa shape index (κ2) is 11.7. The number of amides is 2. The highest BCUT2D eigenvalue weighted by atomic mass is 16.7. The van der Waals surface area contributed by atoms with Gasteiger partial charge in [0.1, 0.15) is 5.75 Å². The van der Waals surface area contributed by atoms with Crippen molar-refractivity contribution in [3.05, 3.63) is 88.5 Å². The van der Waals surface area contributed by atoms with E-state index in [0.29, 0.717) is 17.0 Å². The number of likely N-dealkylation sites (tertiary alicyclic amines) is 1. The van der Waals surface area contributed by atoms with E-state index in [-0.39, 0.29) is 29.9 Å². The Hall–Kier alpha value is -4.60. The number of nitro benzene ring substituents is 1. The molecule has 0 saturated carbocycles. The molecule has 1 saturated heterocycles. The second-order valence-corrected chi connectivity index (χ2v) is 8.02. The predicted molar refractivity (Wildman–Crippen MR) is 131 cm³/mol. The summed E-state index contributed by atoms with van der Waals surface area (Å²) in [6, 6.07) is 19.5. The molecule has 1 aliphatic rings. The van der Waals surface area contributed by atoms with E-state index in [1.165, 1.54) is 18.2 Å². The third-order valence-electron chi connectivity index (χ3n) is 5.49. The van der Waals surface area contributed by atoms with E-state index in [0.717, 1.165) is 25.9 Å². The molecule has 0 atom stereocenters. The first kappa shape index (κ1) is 24.5. The SMILES string of the molecule is O=C(COc1cc([N+](=O)[O-])ccc1OCOc1ccccc1)Nc1ccc(C(=O)N2CCCC2)cc1. The van der Waals surface area contributed by atoms with Crippen molar-refractivity contribution in [1.82, 2.24) is 4.90 Å². The molecule has 10 nitrogen and oxygen atoms in total. The normalized spacial score (nSPS) is 12.6. The number of benzene rings is 3. The van der Waals surface area contributed by atoms with Gasteiger partial charge in [0.15, 0.2) is 18.1 Å². The predicted octanol–water partition coefficient (Wildman–Crippen LogP) is 4.26. The van der Waals surface area contributed by atoms with Gasteiger partial charge >= 0.3 is 0 Å². The minimum atomic E-state index is -0.567. The highest BCUT2D eigenvalue weighted by molar-refractivity contribution is 5.96. The molecule has 3 aromatic carbocycles. The molecule has 36 heavy (non-hydrogen) atoms. The van der Waals surface area contributed by atoms with E-state index >= 15 is 0 Å². The molecule has 0 radical (unpaired) electrons. The van der Waals surface area contributed by atoms with Gasteiger partial charge in [0, 0.05) is 30.4 Å². The Bertz CT molecular complexity index is 1210. The summed E-state index contributed by atoms with van der Waals surface area (Å²) in [6.07, 6.45) is 2.02. The van der Waals surface area contributed by atoms with Crippen molar-refractivity contribution in [2.24, 2.45) is 0 Å². The molecule has 0 unspecified atom stereocenters. The van der Waals surface area contributed by atoms with Crippen molar-refractivity contribution < 1.29 is 28.7 Å². The summed E-state index contributed by atoms with van der Waals surface area (Å²) in [5.41, 5.74) is 0.843. The first-order valence-electron chi connectivity index (χ1n) is 11.4. The third kappa shape index (κ3) is 6.50. The summed E-state index contributed by atoms with van der Waals surface area (Å²) in [5, 5.41) is 13.9. The number of carbonyl (C=O) groups is 2. The molecule has 3 aromatic rings. The standard InChI is InChI=1S/C26H25N3O7/c30-25(27-20-10-8-19(9-11-20)26(31)28-14-4-5-15-28)17-34-24-16-21(29(32)33)12-13-23(24)36-18-35-22-6-2-1-3-7-22/h1-3,6-13,16H,4-5,14-15,17-18H2,(H,27,30). The van der Waals surface area contributed by atoms with Crippen LogP contribution in [0, 0.1) is 10.1 Å². The number of para-hydroxylation sites is 1. The highest BCUT2D eigenvalue weighted by Crippen LogP contribution is 2.31. The summed E-state index contributed by atoms with van der Waals surface area (Å²) in [5.74, 6) is 0.306. The van der Waals surface area contributed by atoms with Gasteiger partial charge in [0.05, 0.1) is 11.0 Å². The molecule has 4 rings (SSSR count). The fourth-order valence-corrected chi connectivity index (χ4v) is 3.66. The van der Waals surface area contributed by atoms with Crippen LogP contribution >= 0.6 is 0 Å². The molecule has 10 heteroatoms. The maximum absolute atomic E-state index is 12.5. The second-order valence-electron chi connectivity index (χ2n) is 8.02. The molecule has 0 spiro atoms. The topological polar surface area (TPSA) is 120 Å². The third-order valence-corrected chi connectivity index (χ3v) is 5.49. The summed E-state index contributed by atoms with van der Waals surface area (Å²) >= 11 is 0. The van der Waals surface area contributed by atoms with Gasteiger partial charge in [0.25, 0.3) is 17.5 Å². The van der Waals surface area contributed by atoms with Gasteiger partial charge in [-0.15, -0.1) is 0 Å². The number of carbonyl (C=O) groups excluding carboxylic acids is 2. The lowest BCUT2D eigenvalue weighted by molar-refractivity contribution is -0.385. The smallest absolute Gasteiger partial charge is 0.273 e. The molecular weight excluding hydrogens is 466 g/mol. The van der Waals surface area contributed by atoms with Crippen LogP contribution in [-0.2, 0) is 4.79 Å². The summed E-state index contributed by atoms with van der Waals surface area (Å²) in [7, 11) is 0. The van der Waals surface area contributed by atoms with Crippen LogP contribution in [0.2, 0.25) is 0 Å². The molecule has 2 amide bonds. The quantitative estimate of drug-likeness (QED) is 0.256. The average Bonchev–Trinajstić information content (AvgIpc) is 3.44. The van der Waals surface area contributed by atoms with Crippen LogP contribution in [0.15, 0.2) is 72.8 Å². The van der Waals surface area contributed by atoms with Gasteiger partial charge in [-0.05, 0) is 55.3 Å².